The van der Waals surface area contributed by atoms with Crippen LogP contribution < -0.4 is 9.47 Å². The molecule has 2 rings (SSSR count). The summed E-state index contributed by atoms with van der Waals surface area (Å²) < 4.78 is 71.8. The molecule has 3 nitrogen and oxygen atoms in total. The van der Waals surface area contributed by atoms with Crippen LogP contribution in [0.5, 0.6) is 11.5 Å². The Morgan fingerprint density at radius 1 is 1.00 bits per heavy atom. The SMILES string of the molecule is CCC(CC)c1ccc(C(=O)Oc2cc(F)c(OC(F)(F)F)c(F)c2)cc1. The van der Waals surface area contributed by atoms with Gasteiger partial charge in [0.2, 0.25) is 5.75 Å². The van der Waals surface area contributed by atoms with E-state index in [0.717, 1.165) is 18.4 Å². The van der Waals surface area contributed by atoms with E-state index in [-0.39, 0.29) is 5.56 Å². The van der Waals surface area contributed by atoms with Crippen molar-refractivity contribution in [2.24, 2.45) is 0 Å². The molecule has 0 aliphatic carbocycles. The maximum atomic E-state index is 13.7. The maximum absolute atomic E-state index is 13.7. The van der Waals surface area contributed by atoms with Crippen LogP contribution in [0.15, 0.2) is 36.4 Å². The van der Waals surface area contributed by atoms with Gasteiger partial charge in [-0.15, -0.1) is 13.2 Å². The third-order valence-corrected chi connectivity index (χ3v) is 4.00. The number of ether oxygens (including phenoxy) is 2. The topological polar surface area (TPSA) is 35.5 Å². The number of hydrogen-bond donors (Lipinski definition) is 0. The summed E-state index contributed by atoms with van der Waals surface area (Å²) in [6, 6.07) is 7.44. The van der Waals surface area contributed by atoms with Crippen molar-refractivity contribution in [3.8, 4) is 11.5 Å². The zero-order valence-corrected chi connectivity index (χ0v) is 14.6. The van der Waals surface area contributed by atoms with E-state index in [2.05, 4.69) is 4.74 Å². The van der Waals surface area contributed by atoms with Crippen LogP contribution in [0.25, 0.3) is 0 Å². The number of alkyl halides is 3. The molecular formula is C19H17F5O3. The summed E-state index contributed by atoms with van der Waals surface area (Å²) in [7, 11) is 0. The predicted molar refractivity (Wildman–Crippen MR) is 87.8 cm³/mol. The first-order valence-corrected chi connectivity index (χ1v) is 8.21. The quantitative estimate of drug-likeness (QED) is 0.347. The van der Waals surface area contributed by atoms with Crippen molar-refractivity contribution in [2.75, 3.05) is 0 Å². The van der Waals surface area contributed by atoms with Gasteiger partial charge in [-0.2, -0.15) is 0 Å². The summed E-state index contributed by atoms with van der Waals surface area (Å²) in [6.07, 6.45) is -3.38. The fraction of sp³-hybridized carbons (Fsp3) is 0.316. The van der Waals surface area contributed by atoms with E-state index in [0.29, 0.717) is 18.1 Å². The monoisotopic (exact) mass is 388 g/mol. The molecule has 146 valence electrons. The molecule has 0 fully saturated rings. The summed E-state index contributed by atoms with van der Waals surface area (Å²) in [6.45, 7) is 4.09. The van der Waals surface area contributed by atoms with Crippen molar-refractivity contribution in [3.63, 3.8) is 0 Å². The minimum absolute atomic E-state index is 0.140. The summed E-state index contributed by atoms with van der Waals surface area (Å²) in [5, 5.41) is 0. The van der Waals surface area contributed by atoms with Crippen molar-refractivity contribution in [1.82, 2.24) is 0 Å². The van der Waals surface area contributed by atoms with Gasteiger partial charge in [-0.05, 0) is 36.5 Å². The van der Waals surface area contributed by atoms with Crippen molar-refractivity contribution in [2.45, 2.75) is 39.0 Å². The summed E-state index contributed by atoms with van der Waals surface area (Å²) in [5.41, 5.74) is 1.18. The Balaban J connectivity index is 2.16. The van der Waals surface area contributed by atoms with Crippen LogP contribution in [-0.2, 0) is 0 Å². The number of hydrogen-bond acceptors (Lipinski definition) is 3. The van der Waals surface area contributed by atoms with Crippen LogP contribution in [0.3, 0.4) is 0 Å². The second-order valence-electron chi connectivity index (χ2n) is 5.79. The van der Waals surface area contributed by atoms with Gasteiger partial charge in [-0.25, -0.2) is 13.6 Å². The molecule has 0 saturated heterocycles. The molecule has 0 atom stereocenters. The molecule has 8 heteroatoms. The average Bonchev–Trinajstić information content (AvgIpc) is 2.59. The second-order valence-corrected chi connectivity index (χ2v) is 5.79. The molecule has 27 heavy (non-hydrogen) atoms. The molecule has 0 radical (unpaired) electrons. The Labute approximate surface area is 152 Å². The highest BCUT2D eigenvalue weighted by Gasteiger charge is 2.34. The number of benzene rings is 2. The van der Waals surface area contributed by atoms with Gasteiger partial charge in [-0.1, -0.05) is 26.0 Å². The van der Waals surface area contributed by atoms with Crippen LogP contribution in [0, 0.1) is 11.6 Å². The molecule has 0 amide bonds. The molecule has 2 aromatic rings. The highest BCUT2D eigenvalue weighted by atomic mass is 19.4. The van der Waals surface area contributed by atoms with Crippen molar-refractivity contribution >= 4 is 5.97 Å². The predicted octanol–water partition coefficient (Wildman–Crippen LogP) is 5.99. The van der Waals surface area contributed by atoms with Crippen LogP contribution in [-0.4, -0.2) is 12.3 Å². The first-order chi connectivity index (χ1) is 12.6. The lowest BCUT2D eigenvalue weighted by Gasteiger charge is -2.13. The fourth-order valence-corrected chi connectivity index (χ4v) is 2.63. The van der Waals surface area contributed by atoms with Crippen molar-refractivity contribution in [3.05, 3.63) is 59.2 Å². The lowest BCUT2D eigenvalue weighted by Crippen LogP contribution is -2.19. The van der Waals surface area contributed by atoms with E-state index >= 15 is 0 Å². The third kappa shape index (κ3) is 5.42. The first-order valence-electron chi connectivity index (χ1n) is 8.21. The maximum Gasteiger partial charge on any atom is 0.573 e. The molecule has 0 spiro atoms. The Bertz CT molecular complexity index is 773. The normalized spacial score (nSPS) is 11.6. The molecule has 0 unspecified atom stereocenters. The lowest BCUT2D eigenvalue weighted by molar-refractivity contribution is -0.276. The van der Waals surface area contributed by atoms with E-state index in [1.165, 1.54) is 12.1 Å². The Hall–Kier alpha value is -2.64. The minimum atomic E-state index is -5.25. The van der Waals surface area contributed by atoms with Gasteiger partial charge < -0.3 is 9.47 Å². The zero-order valence-electron chi connectivity index (χ0n) is 14.6. The molecule has 0 aliphatic heterocycles. The highest BCUT2D eigenvalue weighted by Crippen LogP contribution is 2.32. The molecule has 0 aliphatic rings. The summed E-state index contributed by atoms with van der Waals surface area (Å²) >= 11 is 0. The molecular weight excluding hydrogens is 371 g/mol. The average molecular weight is 388 g/mol. The molecule has 0 bridgehead atoms. The molecule has 0 heterocycles. The van der Waals surface area contributed by atoms with Gasteiger partial charge in [0.15, 0.2) is 11.6 Å². The smallest absolute Gasteiger partial charge is 0.423 e. The standard InChI is InChI=1S/C19H17F5O3/c1-3-11(4-2)12-5-7-13(8-6-12)18(25)26-14-9-15(20)17(16(21)10-14)27-19(22,23)24/h5-11H,3-4H2,1-2H3. The molecule has 0 saturated carbocycles. The highest BCUT2D eigenvalue weighted by molar-refractivity contribution is 5.91. The zero-order chi connectivity index (χ0) is 20.2. The number of carbonyl (C=O) groups excluding carboxylic acids is 1. The molecule has 0 N–H and O–H groups in total. The number of carbonyl (C=O) groups is 1. The van der Waals surface area contributed by atoms with E-state index in [4.69, 9.17) is 4.74 Å². The van der Waals surface area contributed by atoms with Crippen LogP contribution >= 0.6 is 0 Å². The van der Waals surface area contributed by atoms with E-state index in [1.54, 1.807) is 12.1 Å². The Kier molecular flexibility index (Phi) is 6.41. The van der Waals surface area contributed by atoms with Gasteiger partial charge in [-0.3, -0.25) is 0 Å². The van der Waals surface area contributed by atoms with Crippen LogP contribution in [0.1, 0.15) is 48.5 Å². The van der Waals surface area contributed by atoms with Crippen LogP contribution in [0.4, 0.5) is 22.0 Å². The van der Waals surface area contributed by atoms with Gasteiger partial charge >= 0.3 is 12.3 Å². The fourth-order valence-electron chi connectivity index (χ4n) is 2.63. The van der Waals surface area contributed by atoms with Gasteiger partial charge in [0.05, 0.1) is 5.56 Å². The van der Waals surface area contributed by atoms with Crippen LogP contribution in [0.2, 0.25) is 0 Å². The van der Waals surface area contributed by atoms with Gasteiger partial charge in [0, 0.05) is 12.1 Å². The Morgan fingerprint density at radius 2 is 1.52 bits per heavy atom. The lowest BCUT2D eigenvalue weighted by atomic mass is 9.93. The molecule has 2 aromatic carbocycles. The van der Waals surface area contributed by atoms with Crippen molar-refractivity contribution in [1.29, 1.82) is 0 Å². The van der Waals surface area contributed by atoms with E-state index < -0.39 is 35.5 Å². The number of halogens is 5. The third-order valence-electron chi connectivity index (χ3n) is 4.00. The van der Waals surface area contributed by atoms with E-state index in [9.17, 15) is 26.7 Å². The largest absolute Gasteiger partial charge is 0.573 e. The number of esters is 1. The van der Waals surface area contributed by atoms with Gasteiger partial charge in [0.25, 0.3) is 0 Å². The summed E-state index contributed by atoms with van der Waals surface area (Å²) in [5.74, 6) is -6.02. The summed E-state index contributed by atoms with van der Waals surface area (Å²) in [4.78, 5) is 12.1. The van der Waals surface area contributed by atoms with E-state index in [1.807, 2.05) is 13.8 Å². The minimum Gasteiger partial charge on any atom is -0.423 e. The number of rotatable bonds is 6. The Morgan fingerprint density at radius 3 is 1.96 bits per heavy atom. The van der Waals surface area contributed by atoms with Gasteiger partial charge in [0.1, 0.15) is 5.75 Å². The first kappa shape index (κ1) is 20.7. The van der Waals surface area contributed by atoms with Crippen molar-refractivity contribution < 1.29 is 36.2 Å². The second kappa shape index (κ2) is 8.37. The molecule has 0 aromatic heterocycles.